The molecule has 2 atom stereocenters. The van der Waals surface area contributed by atoms with Crippen molar-refractivity contribution in [3.05, 3.63) is 70.8 Å². The number of rotatable bonds is 4. The Hall–Kier alpha value is -2.62. The average molecular weight is 309 g/mol. The Morgan fingerprint density at radius 1 is 1.09 bits per heavy atom. The SMILES string of the molecule is Cc1ccccc1CC(=O)NC1CC(C(=O)O)c2ccccc21. The van der Waals surface area contributed by atoms with Crippen LogP contribution in [0.25, 0.3) is 0 Å². The van der Waals surface area contributed by atoms with Gasteiger partial charge >= 0.3 is 5.97 Å². The van der Waals surface area contributed by atoms with Crippen molar-refractivity contribution in [1.82, 2.24) is 5.32 Å². The van der Waals surface area contributed by atoms with E-state index in [1.165, 1.54) is 0 Å². The second kappa shape index (κ2) is 6.24. The van der Waals surface area contributed by atoms with E-state index in [1.807, 2.05) is 55.5 Å². The molecule has 0 aliphatic heterocycles. The number of nitrogens with one attached hydrogen (secondary N) is 1. The number of hydrogen-bond donors (Lipinski definition) is 2. The van der Waals surface area contributed by atoms with Gasteiger partial charge in [0.1, 0.15) is 0 Å². The minimum Gasteiger partial charge on any atom is -0.481 e. The highest BCUT2D eigenvalue weighted by Gasteiger charge is 2.35. The van der Waals surface area contributed by atoms with E-state index >= 15 is 0 Å². The number of carbonyl (C=O) groups is 2. The maximum Gasteiger partial charge on any atom is 0.311 e. The third kappa shape index (κ3) is 3.11. The molecule has 4 nitrogen and oxygen atoms in total. The summed E-state index contributed by atoms with van der Waals surface area (Å²) in [4.78, 5) is 23.8. The Bertz CT molecular complexity index is 754. The number of carbonyl (C=O) groups excluding carboxylic acids is 1. The molecule has 23 heavy (non-hydrogen) atoms. The molecule has 3 rings (SSSR count). The van der Waals surface area contributed by atoms with E-state index in [-0.39, 0.29) is 11.9 Å². The molecule has 0 radical (unpaired) electrons. The molecule has 0 fully saturated rings. The first-order valence-corrected chi connectivity index (χ1v) is 7.71. The monoisotopic (exact) mass is 309 g/mol. The largest absolute Gasteiger partial charge is 0.481 e. The smallest absolute Gasteiger partial charge is 0.311 e. The predicted octanol–water partition coefficient (Wildman–Crippen LogP) is 2.97. The van der Waals surface area contributed by atoms with Crippen molar-refractivity contribution in [3.63, 3.8) is 0 Å². The Morgan fingerprint density at radius 2 is 1.74 bits per heavy atom. The van der Waals surface area contributed by atoms with Gasteiger partial charge in [0.25, 0.3) is 0 Å². The zero-order chi connectivity index (χ0) is 16.4. The summed E-state index contributed by atoms with van der Waals surface area (Å²) in [6.07, 6.45) is 0.720. The molecule has 2 unspecified atom stereocenters. The Labute approximate surface area is 135 Å². The zero-order valence-corrected chi connectivity index (χ0v) is 13.0. The lowest BCUT2D eigenvalue weighted by atomic mass is 10.0. The number of aryl methyl sites for hydroxylation is 1. The van der Waals surface area contributed by atoms with Crippen molar-refractivity contribution in [2.24, 2.45) is 0 Å². The normalized spacial score (nSPS) is 19.2. The molecule has 118 valence electrons. The van der Waals surface area contributed by atoms with E-state index in [9.17, 15) is 14.7 Å². The van der Waals surface area contributed by atoms with Crippen LogP contribution in [-0.2, 0) is 16.0 Å². The van der Waals surface area contributed by atoms with Gasteiger partial charge in [-0.3, -0.25) is 9.59 Å². The molecule has 2 N–H and O–H groups in total. The van der Waals surface area contributed by atoms with Gasteiger partial charge in [0, 0.05) is 0 Å². The molecule has 0 aromatic heterocycles. The topological polar surface area (TPSA) is 66.4 Å². The van der Waals surface area contributed by atoms with Gasteiger partial charge in [-0.15, -0.1) is 0 Å². The number of carboxylic acid groups (broad SMARTS) is 1. The summed E-state index contributed by atoms with van der Waals surface area (Å²) in [5, 5.41) is 12.4. The highest BCUT2D eigenvalue weighted by molar-refractivity contribution is 5.81. The van der Waals surface area contributed by atoms with Crippen LogP contribution in [0.5, 0.6) is 0 Å². The van der Waals surface area contributed by atoms with Crippen LogP contribution in [-0.4, -0.2) is 17.0 Å². The molecule has 1 aliphatic carbocycles. The molecule has 1 aliphatic rings. The molecule has 1 amide bonds. The lowest BCUT2D eigenvalue weighted by Crippen LogP contribution is -2.29. The molecular weight excluding hydrogens is 290 g/mol. The fourth-order valence-electron chi connectivity index (χ4n) is 3.23. The van der Waals surface area contributed by atoms with Crippen molar-refractivity contribution < 1.29 is 14.7 Å². The summed E-state index contributed by atoms with van der Waals surface area (Å²) >= 11 is 0. The summed E-state index contributed by atoms with van der Waals surface area (Å²) < 4.78 is 0. The van der Waals surface area contributed by atoms with Crippen molar-refractivity contribution in [1.29, 1.82) is 0 Å². The third-order valence-corrected chi connectivity index (χ3v) is 4.46. The van der Waals surface area contributed by atoms with Crippen LogP contribution in [0, 0.1) is 6.92 Å². The third-order valence-electron chi connectivity index (χ3n) is 4.46. The van der Waals surface area contributed by atoms with Crippen LogP contribution in [0.2, 0.25) is 0 Å². The van der Waals surface area contributed by atoms with Gasteiger partial charge in [-0.1, -0.05) is 48.5 Å². The van der Waals surface area contributed by atoms with Crippen molar-refractivity contribution in [3.8, 4) is 0 Å². The van der Waals surface area contributed by atoms with E-state index < -0.39 is 11.9 Å². The summed E-state index contributed by atoms with van der Waals surface area (Å²) in [5.41, 5.74) is 3.79. The number of carboxylic acids is 1. The molecular formula is C19H19NO3. The van der Waals surface area contributed by atoms with Gasteiger partial charge in [0.05, 0.1) is 18.4 Å². The summed E-state index contributed by atoms with van der Waals surface area (Å²) in [6.45, 7) is 1.98. The molecule has 2 aromatic rings. The van der Waals surface area contributed by atoms with Crippen LogP contribution in [0.15, 0.2) is 48.5 Å². The highest BCUT2D eigenvalue weighted by Crippen LogP contribution is 2.40. The molecule has 0 spiro atoms. The van der Waals surface area contributed by atoms with Gasteiger partial charge < -0.3 is 10.4 Å². The first kappa shape index (κ1) is 15.3. The second-order valence-corrected chi connectivity index (χ2v) is 5.98. The van der Waals surface area contributed by atoms with Gasteiger partial charge in [-0.05, 0) is 35.6 Å². The second-order valence-electron chi connectivity index (χ2n) is 5.98. The molecule has 0 saturated carbocycles. The van der Waals surface area contributed by atoms with Gasteiger partial charge in [0.15, 0.2) is 0 Å². The van der Waals surface area contributed by atoms with E-state index in [0.29, 0.717) is 12.8 Å². The molecule has 0 bridgehead atoms. The van der Waals surface area contributed by atoms with Crippen molar-refractivity contribution >= 4 is 11.9 Å². The number of fused-ring (bicyclic) bond motifs is 1. The Balaban J connectivity index is 1.75. The zero-order valence-electron chi connectivity index (χ0n) is 13.0. The lowest BCUT2D eigenvalue weighted by molar-refractivity contribution is -0.139. The van der Waals surface area contributed by atoms with Crippen LogP contribution in [0.4, 0.5) is 0 Å². The molecule has 0 heterocycles. The van der Waals surface area contributed by atoms with Crippen LogP contribution in [0.1, 0.15) is 40.6 Å². The minimum atomic E-state index is -0.840. The number of aliphatic carboxylic acids is 1. The maximum atomic E-state index is 12.3. The summed E-state index contributed by atoms with van der Waals surface area (Å²) in [6, 6.07) is 15.0. The van der Waals surface area contributed by atoms with Gasteiger partial charge in [-0.25, -0.2) is 0 Å². The molecule has 4 heteroatoms. The Morgan fingerprint density at radius 3 is 2.43 bits per heavy atom. The van der Waals surface area contributed by atoms with Crippen LogP contribution < -0.4 is 5.32 Å². The summed E-state index contributed by atoms with van der Waals surface area (Å²) in [7, 11) is 0. The van der Waals surface area contributed by atoms with Crippen LogP contribution in [0.3, 0.4) is 0 Å². The highest BCUT2D eigenvalue weighted by atomic mass is 16.4. The average Bonchev–Trinajstić information content (AvgIpc) is 2.89. The quantitative estimate of drug-likeness (QED) is 0.912. The number of amides is 1. The standard InChI is InChI=1S/C19H19NO3/c1-12-6-2-3-7-13(12)10-18(21)20-17-11-16(19(22)23)14-8-4-5-9-15(14)17/h2-9,16-17H,10-11H2,1H3,(H,20,21)(H,22,23). The van der Waals surface area contributed by atoms with Crippen molar-refractivity contribution in [2.45, 2.75) is 31.7 Å². The van der Waals surface area contributed by atoms with E-state index in [2.05, 4.69) is 5.32 Å². The first-order chi connectivity index (χ1) is 11.1. The fourth-order valence-corrected chi connectivity index (χ4v) is 3.23. The predicted molar refractivity (Wildman–Crippen MR) is 87.2 cm³/mol. The molecule has 0 saturated heterocycles. The molecule has 2 aromatic carbocycles. The van der Waals surface area contributed by atoms with Crippen molar-refractivity contribution in [2.75, 3.05) is 0 Å². The fraction of sp³-hybridized carbons (Fsp3) is 0.263. The van der Waals surface area contributed by atoms with Gasteiger partial charge in [-0.2, -0.15) is 0 Å². The minimum absolute atomic E-state index is 0.0786. The number of hydrogen-bond acceptors (Lipinski definition) is 2. The maximum absolute atomic E-state index is 12.3. The van der Waals surface area contributed by atoms with Gasteiger partial charge in [0.2, 0.25) is 5.91 Å². The van der Waals surface area contributed by atoms with Crippen LogP contribution >= 0.6 is 0 Å². The van der Waals surface area contributed by atoms with E-state index in [0.717, 1.165) is 22.3 Å². The van der Waals surface area contributed by atoms with E-state index in [1.54, 1.807) is 0 Å². The first-order valence-electron chi connectivity index (χ1n) is 7.71. The lowest BCUT2D eigenvalue weighted by Gasteiger charge is -2.15. The Kier molecular flexibility index (Phi) is 4.15. The number of benzene rings is 2. The van der Waals surface area contributed by atoms with E-state index in [4.69, 9.17) is 0 Å². The summed E-state index contributed by atoms with van der Waals surface area (Å²) in [5.74, 6) is -1.46.